The Balaban J connectivity index is 1.73. The second-order valence-electron chi connectivity index (χ2n) is 9.09. The normalized spacial score (nSPS) is 12.3. The fourth-order valence-electron chi connectivity index (χ4n) is 5.90. The SMILES string of the molecule is O=c1cc2c(-c3c(O)c4cccc5ccc6oc(=O)cc3c6c54)c(O)c3cccc4ccc(o1)c2c43. The van der Waals surface area contributed by atoms with Gasteiger partial charge in [-0.25, -0.2) is 9.59 Å². The van der Waals surface area contributed by atoms with Gasteiger partial charge in [-0.1, -0.05) is 48.5 Å². The van der Waals surface area contributed by atoms with Crippen molar-refractivity contribution in [3.8, 4) is 22.6 Å². The molecule has 0 unspecified atom stereocenters. The van der Waals surface area contributed by atoms with Crippen molar-refractivity contribution >= 4 is 65.0 Å². The molecule has 0 amide bonds. The van der Waals surface area contributed by atoms with Crippen molar-refractivity contribution in [1.29, 1.82) is 0 Å². The van der Waals surface area contributed by atoms with Crippen molar-refractivity contribution in [1.82, 2.24) is 0 Å². The van der Waals surface area contributed by atoms with Gasteiger partial charge in [-0.2, -0.15) is 0 Å². The molecule has 6 heteroatoms. The number of phenolic OH excluding ortho intramolecular Hbond substituents is 2. The highest BCUT2D eigenvalue weighted by Gasteiger charge is 2.26. The Morgan fingerprint density at radius 1 is 0.500 bits per heavy atom. The van der Waals surface area contributed by atoms with E-state index in [1.807, 2.05) is 36.4 Å². The minimum Gasteiger partial charge on any atom is -0.507 e. The maximum absolute atomic E-state index is 12.6. The highest BCUT2D eigenvalue weighted by Crippen LogP contribution is 2.53. The van der Waals surface area contributed by atoms with Crippen LogP contribution in [0.1, 0.15) is 0 Å². The summed E-state index contributed by atoms with van der Waals surface area (Å²) in [6, 6.07) is 20.9. The quantitative estimate of drug-likeness (QED) is 0.211. The lowest BCUT2D eigenvalue weighted by Gasteiger charge is -2.20. The first-order valence-electron chi connectivity index (χ1n) is 11.4. The molecular formula is C30H14O6. The summed E-state index contributed by atoms with van der Waals surface area (Å²) < 4.78 is 11.0. The zero-order valence-electron chi connectivity index (χ0n) is 18.5. The number of benzene rings is 6. The monoisotopic (exact) mass is 470 g/mol. The van der Waals surface area contributed by atoms with Crippen molar-refractivity contribution in [2.75, 3.05) is 0 Å². The van der Waals surface area contributed by atoms with E-state index in [1.165, 1.54) is 12.1 Å². The summed E-state index contributed by atoms with van der Waals surface area (Å²) in [6.45, 7) is 0. The Kier molecular flexibility index (Phi) is 3.37. The largest absolute Gasteiger partial charge is 0.507 e. The van der Waals surface area contributed by atoms with E-state index in [-0.39, 0.29) is 22.6 Å². The van der Waals surface area contributed by atoms with Crippen LogP contribution < -0.4 is 11.3 Å². The van der Waals surface area contributed by atoms with E-state index >= 15 is 0 Å². The molecule has 170 valence electrons. The third-order valence-electron chi connectivity index (χ3n) is 7.27. The van der Waals surface area contributed by atoms with Gasteiger partial charge in [0.15, 0.2) is 0 Å². The van der Waals surface area contributed by atoms with E-state index in [1.54, 1.807) is 24.3 Å². The van der Waals surface area contributed by atoms with Gasteiger partial charge in [0.1, 0.15) is 22.7 Å². The molecule has 0 radical (unpaired) electrons. The Morgan fingerprint density at radius 2 is 0.944 bits per heavy atom. The highest BCUT2D eigenvalue weighted by atomic mass is 16.4. The van der Waals surface area contributed by atoms with Gasteiger partial charge in [-0.05, 0) is 22.9 Å². The average molecular weight is 470 g/mol. The summed E-state index contributed by atoms with van der Waals surface area (Å²) in [5.74, 6) is -0.193. The van der Waals surface area contributed by atoms with Crippen LogP contribution in [0.4, 0.5) is 0 Å². The smallest absolute Gasteiger partial charge is 0.336 e. The Morgan fingerprint density at radius 3 is 1.39 bits per heavy atom. The standard InChI is InChI=1S/C30H14O6/c31-21-11-17-25-19(35-21)9-7-13-3-1-5-15(23(13)25)29(33)27(17)28-18-12-22(32)36-20-10-8-14-4-2-6-16(30(28)34)24(14)26(18)20/h1-12,33-34H. The average Bonchev–Trinajstić information content (AvgIpc) is 2.88. The third-order valence-corrected chi connectivity index (χ3v) is 7.27. The molecular weight excluding hydrogens is 456 g/mol. The van der Waals surface area contributed by atoms with Crippen LogP contribution in [0, 0.1) is 0 Å². The van der Waals surface area contributed by atoms with E-state index < -0.39 is 11.3 Å². The van der Waals surface area contributed by atoms with Crippen LogP contribution in [0.2, 0.25) is 0 Å². The van der Waals surface area contributed by atoms with Gasteiger partial charge in [-0.15, -0.1) is 0 Å². The van der Waals surface area contributed by atoms with Crippen LogP contribution in [-0.4, -0.2) is 10.2 Å². The maximum Gasteiger partial charge on any atom is 0.336 e. The van der Waals surface area contributed by atoms with Gasteiger partial charge < -0.3 is 19.0 Å². The fourth-order valence-corrected chi connectivity index (χ4v) is 5.90. The van der Waals surface area contributed by atoms with Crippen LogP contribution in [0.3, 0.4) is 0 Å². The topological polar surface area (TPSA) is 101 Å². The Hall–Kier alpha value is -5.10. The molecule has 0 aliphatic heterocycles. The van der Waals surface area contributed by atoms with E-state index in [9.17, 15) is 19.8 Å². The van der Waals surface area contributed by atoms with Crippen LogP contribution in [0.5, 0.6) is 11.5 Å². The molecule has 0 aliphatic rings. The second-order valence-corrected chi connectivity index (χ2v) is 9.09. The minimum absolute atomic E-state index is 0.0966. The first kappa shape index (κ1) is 19.2. The molecule has 2 aromatic heterocycles. The molecule has 0 saturated carbocycles. The number of hydrogen-bond acceptors (Lipinski definition) is 6. The summed E-state index contributed by atoms with van der Waals surface area (Å²) >= 11 is 0. The van der Waals surface area contributed by atoms with Gasteiger partial charge in [0.2, 0.25) is 0 Å². The van der Waals surface area contributed by atoms with Crippen LogP contribution in [0.25, 0.3) is 76.2 Å². The summed E-state index contributed by atoms with van der Waals surface area (Å²) in [6.07, 6.45) is 0. The molecule has 0 atom stereocenters. The first-order valence-corrected chi connectivity index (χ1v) is 11.4. The Bertz CT molecular complexity index is 2160. The summed E-state index contributed by atoms with van der Waals surface area (Å²) in [7, 11) is 0. The van der Waals surface area contributed by atoms with Crippen LogP contribution in [-0.2, 0) is 0 Å². The first-order chi connectivity index (χ1) is 17.5. The summed E-state index contributed by atoms with van der Waals surface area (Å²) in [4.78, 5) is 25.2. The zero-order valence-corrected chi connectivity index (χ0v) is 18.5. The Labute approximate surface area is 200 Å². The minimum atomic E-state index is -0.586. The van der Waals surface area contributed by atoms with Gasteiger partial charge in [0.25, 0.3) is 0 Å². The van der Waals surface area contributed by atoms with E-state index in [2.05, 4.69) is 0 Å². The summed E-state index contributed by atoms with van der Waals surface area (Å²) in [5, 5.41) is 30.0. The van der Waals surface area contributed by atoms with Crippen molar-refractivity contribution in [3.63, 3.8) is 0 Å². The summed E-state index contributed by atoms with van der Waals surface area (Å²) in [5.41, 5.74) is 0.0949. The fraction of sp³-hybridized carbons (Fsp3) is 0. The van der Waals surface area contributed by atoms with Gasteiger partial charge in [0.05, 0.1) is 0 Å². The van der Waals surface area contributed by atoms with E-state index in [0.717, 1.165) is 21.5 Å². The molecule has 0 bridgehead atoms. The predicted molar refractivity (Wildman–Crippen MR) is 140 cm³/mol. The van der Waals surface area contributed by atoms with Crippen molar-refractivity contribution < 1.29 is 19.0 Å². The van der Waals surface area contributed by atoms with Crippen molar-refractivity contribution in [3.05, 3.63) is 93.6 Å². The van der Waals surface area contributed by atoms with Crippen molar-refractivity contribution in [2.45, 2.75) is 0 Å². The second kappa shape index (κ2) is 6.31. The molecule has 6 aromatic carbocycles. The number of rotatable bonds is 1. The number of aromatic hydroxyl groups is 2. The predicted octanol–water partition coefficient (Wildman–Crippen LogP) is 6.47. The van der Waals surface area contributed by atoms with Gasteiger partial charge in [0, 0.05) is 66.3 Å². The third kappa shape index (κ3) is 2.21. The van der Waals surface area contributed by atoms with Gasteiger partial charge >= 0.3 is 11.3 Å². The zero-order chi connectivity index (χ0) is 24.3. The van der Waals surface area contributed by atoms with Crippen LogP contribution >= 0.6 is 0 Å². The highest BCUT2D eigenvalue weighted by molar-refractivity contribution is 6.32. The molecule has 2 N–H and O–H groups in total. The maximum atomic E-state index is 12.6. The lowest BCUT2D eigenvalue weighted by molar-refractivity contribution is 0.476. The molecule has 0 aliphatic carbocycles. The lowest BCUT2D eigenvalue weighted by atomic mass is 9.85. The molecule has 2 heterocycles. The van der Waals surface area contributed by atoms with E-state index in [0.29, 0.717) is 43.5 Å². The number of phenols is 2. The molecule has 0 spiro atoms. The van der Waals surface area contributed by atoms with Gasteiger partial charge in [-0.3, -0.25) is 0 Å². The molecule has 36 heavy (non-hydrogen) atoms. The van der Waals surface area contributed by atoms with Crippen LogP contribution in [0.15, 0.2) is 91.2 Å². The molecule has 8 rings (SSSR count). The number of hydrogen-bond donors (Lipinski definition) is 2. The molecule has 0 saturated heterocycles. The van der Waals surface area contributed by atoms with E-state index in [4.69, 9.17) is 8.83 Å². The van der Waals surface area contributed by atoms with Crippen molar-refractivity contribution in [2.24, 2.45) is 0 Å². The molecule has 0 fully saturated rings. The molecule has 8 aromatic rings. The molecule has 6 nitrogen and oxygen atoms in total. The lowest BCUT2D eigenvalue weighted by Crippen LogP contribution is -2.01.